The lowest BCUT2D eigenvalue weighted by Crippen LogP contribution is -2.14. The number of amides is 1. The zero-order valence-corrected chi connectivity index (χ0v) is 20.4. The Balaban J connectivity index is 0.000000242. The van der Waals surface area contributed by atoms with Crippen molar-refractivity contribution in [2.45, 2.75) is 37.5 Å². The van der Waals surface area contributed by atoms with Gasteiger partial charge in [-0.2, -0.15) is 0 Å². The standard InChI is InChI=1S/C13H19NO2.C11H9NO4S2/c1-2-3-4-5-10-16-12-8-6-11(7-9-12)13(14)15;13-11(14)10-9(6-7-17-10)12-18(15,16)8-4-2-1-3-5-8/h6-9H,2-5,10H2,1H3,(H2,14,15);1-7,12H,(H,13,14). The molecule has 10 heteroatoms. The van der Waals surface area contributed by atoms with Crippen molar-refractivity contribution in [2.24, 2.45) is 5.73 Å². The summed E-state index contributed by atoms with van der Waals surface area (Å²) in [5, 5.41) is 10.4. The number of carboxylic acids is 1. The van der Waals surface area contributed by atoms with Crippen LogP contribution in [0.5, 0.6) is 5.75 Å². The number of aromatic carboxylic acids is 1. The van der Waals surface area contributed by atoms with E-state index in [1.807, 2.05) is 0 Å². The summed E-state index contributed by atoms with van der Waals surface area (Å²) in [4.78, 5) is 21.8. The number of anilines is 1. The molecule has 0 fully saturated rings. The molecule has 0 aliphatic rings. The van der Waals surface area contributed by atoms with Crippen molar-refractivity contribution in [3.8, 4) is 5.75 Å². The van der Waals surface area contributed by atoms with Crippen molar-refractivity contribution in [3.05, 3.63) is 76.5 Å². The van der Waals surface area contributed by atoms with Crippen molar-refractivity contribution in [1.82, 2.24) is 0 Å². The second-order valence-corrected chi connectivity index (χ2v) is 9.78. The number of rotatable bonds is 11. The summed E-state index contributed by atoms with van der Waals surface area (Å²) >= 11 is 0.967. The van der Waals surface area contributed by atoms with E-state index in [1.54, 1.807) is 42.5 Å². The average molecular weight is 505 g/mol. The number of carbonyl (C=O) groups is 2. The maximum atomic E-state index is 12.0. The largest absolute Gasteiger partial charge is 0.494 e. The minimum Gasteiger partial charge on any atom is -0.494 e. The maximum absolute atomic E-state index is 12.0. The fourth-order valence-electron chi connectivity index (χ4n) is 2.79. The van der Waals surface area contributed by atoms with E-state index in [2.05, 4.69) is 11.6 Å². The molecule has 0 aliphatic carbocycles. The van der Waals surface area contributed by atoms with Crippen LogP contribution in [0.3, 0.4) is 0 Å². The Hall–Kier alpha value is -3.37. The third kappa shape index (κ3) is 8.53. The Morgan fingerprint density at radius 1 is 1.00 bits per heavy atom. The molecule has 0 saturated heterocycles. The van der Waals surface area contributed by atoms with Gasteiger partial charge in [-0.25, -0.2) is 13.2 Å². The van der Waals surface area contributed by atoms with E-state index in [0.29, 0.717) is 5.56 Å². The molecular weight excluding hydrogens is 476 g/mol. The molecule has 182 valence electrons. The third-order valence-corrected chi connectivity index (χ3v) is 6.85. The molecule has 3 aromatic rings. The second kappa shape index (κ2) is 13.4. The van der Waals surface area contributed by atoms with E-state index in [1.165, 1.54) is 42.8 Å². The first-order valence-corrected chi connectivity index (χ1v) is 13.0. The summed E-state index contributed by atoms with van der Waals surface area (Å²) < 4.78 is 31.8. The highest BCUT2D eigenvalue weighted by Gasteiger charge is 2.19. The van der Waals surface area contributed by atoms with E-state index in [9.17, 15) is 18.0 Å². The van der Waals surface area contributed by atoms with Crippen LogP contribution in [0, 0.1) is 0 Å². The number of hydrogen-bond acceptors (Lipinski definition) is 6. The molecule has 1 heterocycles. The number of carboxylic acid groups (broad SMARTS) is 1. The van der Waals surface area contributed by atoms with E-state index >= 15 is 0 Å². The normalized spacial score (nSPS) is 10.6. The van der Waals surface area contributed by atoms with E-state index in [4.69, 9.17) is 15.6 Å². The van der Waals surface area contributed by atoms with Crippen LogP contribution in [-0.4, -0.2) is 32.0 Å². The Morgan fingerprint density at radius 3 is 2.26 bits per heavy atom. The quantitative estimate of drug-likeness (QED) is 0.315. The van der Waals surface area contributed by atoms with Crippen LogP contribution in [-0.2, 0) is 10.0 Å². The van der Waals surface area contributed by atoms with Crippen LogP contribution < -0.4 is 15.2 Å². The molecule has 4 N–H and O–H groups in total. The van der Waals surface area contributed by atoms with Gasteiger partial charge in [0.25, 0.3) is 10.0 Å². The summed E-state index contributed by atoms with van der Waals surface area (Å²) in [6, 6.07) is 16.1. The summed E-state index contributed by atoms with van der Waals surface area (Å²) in [5.41, 5.74) is 5.73. The second-order valence-electron chi connectivity index (χ2n) is 7.18. The monoisotopic (exact) mass is 504 g/mol. The van der Waals surface area contributed by atoms with Gasteiger partial charge < -0.3 is 15.6 Å². The Labute approximate surface area is 203 Å². The van der Waals surface area contributed by atoms with Gasteiger partial charge in [0.2, 0.25) is 5.91 Å². The number of nitrogens with one attached hydrogen (secondary N) is 1. The molecule has 3 rings (SSSR count). The van der Waals surface area contributed by atoms with Gasteiger partial charge in [0.05, 0.1) is 17.2 Å². The number of benzene rings is 2. The molecule has 1 aromatic heterocycles. The fraction of sp³-hybridized carbons (Fsp3) is 0.250. The van der Waals surface area contributed by atoms with Crippen molar-refractivity contribution in [1.29, 1.82) is 0 Å². The first-order chi connectivity index (χ1) is 16.2. The molecule has 0 unspecified atom stereocenters. The maximum Gasteiger partial charge on any atom is 0.348 e. The van der Waals surface area contributed by atoms with Crippen LogP contribution in [0.25, 0.3) is 0 Å². The first kappa shape index (κ1) is 26.9. The van der Waals surface area contributed by atoms with Gasteiger partial charge in [-0.05, 0) is 54.3 Å². The SMILES string of the molecule is CCCCCCOc1ccc(C(N)=O)cc1.O=C(O)c1sccc1NS(=O)(=O)c1ccccc1. The van der Waals surface area contributed by atoms with Gasteiger partial charge in [-0.1, -0.05) is 44.4 Å². The lowest BCUT2D eigenvalue weighted by atomic mass is 10.2. The molecule has 34 heavy (non-hydrogen) atoms. The van der Waals surface area contributed by atoms with Gasteiger partial charge >= 0.3 is 5.97 Å². The van der Waals surface area contributed by atoms with E-state index < -0.39 is 21.9 Å². The van der Waals surface area contributed by atoms with Crippen molar-refractivity contribution in [3.63, 3.8) is 0 Å². The predicted molar refractivity (Wildman–Crippen MR) is 133 cm³/mol. The van der Waals surface area contributed by atoms with Gasteiger partial charge in [0.1, 0.15) is 10.6 Å². The zero-order valence-electron chi connectivity index (χ0n) is 18.8. The molecule has 2 aromatic carbocycles. The third-order valence-electron chi connectivity index (χ3n) is 4.56. The van der Waals surface area contributed by atoms with Crippen LogP contribution in [0.1, 0.15) is 52.6 Å². The van der Waals surface area contributed by atoms with Crippen LogP contribution in [0.4, 0.5) is 5.69 Å². The number of thiophene rings is 1. The predicted octanol–water partition coefficient (Wildman–Crippen LogP) is 4.99. The fourth-order valence-corrected chi connectivity index (χ4v) is 4.64. The number of unbranched alkanes of at least 4 members (excludes halogenated alkanes) is 3. The van der Waals surface area contributed by atoms with Crippen LogP contribution in [0.2, 0.25) is 0 Å². The highest BCUT2D eigenvalue weighted by atomic mass is 32.2. The molecule has 0 atom stereocenters. The number of carbonyl (C=O) groups excluding carboxylic acids is 1. The first-order valence-electron chi connectivity index (χ1n) is 10.7. The van der Waals surface area contributed by atoms with Crippen molar-refractivity contribution in [2.75, 3.05) is 11.3 Å². The molecular formula is C24H28N2O6S2. The molecule has 0 radical (unpaired) electrons. The van der Waals surface area contributed by atoms with E-state index in [-0.39, 0.29) is 15.5 Å². The minimum absolute atomic E-state index is 0.0329. The van der Waals surface area contributed by atoms with E-state index in [0.717, 1.165) is 30.1 Å². The van der Waals surface area contributed by atoms with Crippen molar-refractivity contribution >= 4 is 38.9 Å². The molecule has 0 saturated carbocycles. The smallest absolute Gasteiger partial charge is 0.348 e. The van der Waals surface area contributed by atoms with Crippen LogP contribution in [0.15, 0.2) is 70.9 Å². The lowest BCUT2D eigenvalue weighted by molar-refractivity contribution is 0.0703. The molecule has 0 bridgehead atoms. The average Bonchev–Trinajstić information content (AvgIpc) is 3.28. The number of ether oxygens (including phenoxy) is 1. The Morgan fingerprint density at radius 2 is 1.68 bits per heavy atom. The van der Waals surface area contributed by atoms with Crippen LogP contribution >= 0.6 is 11.3 Å². The summed E-state index contributed by atoms with van der Waals surface area (Å²) in [7, 11) is -3.75. The van der Waals surface area contributed by atoms with Gasteiger partial charge in [-0.15, -0.1) is 11.3 Å². The van der Waals surface area contributed by atoms with Gasteiger partial charge in [-0.3, -0.25) is 9.52 Å². The molecule has 8 nitrogen and oxygen atoms in total. The molecule has 1 amide bonds. The lowest BCUT2D eigenvalue weighted by Gasteiger charge is -2.07. The number of sulfonamides is 1. The molecule has 0 spiro atoms. The number of nitrogens with two attached hydrogens (primary N) is 1. The highest BCUT2D eigenvalue weighted by molar-refractivity contribution is 7.92. The van der Waals surface area contributed by atoms with Crippen molar-refractivity contribution < 1.29 is 27.9 Å². The number of primary amides is 1. The minimum atomic E-state index is -3.75. The van der Waals surface area contributed by atoms with Gasteiger partial charge in [0, 0.05) is 5.56 Å². The van der Waals surface area contributed by atoms with Gasteiger partial charge in [0.15, 0.2) is 0 Å². The summed E-state index contributed by atoms with van der Waals surface area (Å²) in [5.74, 6) is -0.772. The molecule has 0 aliphatic heterocycles. The number of hydrogen-bond donors (Lipinski definition) is 3. The Kier molecular flexibility index (Phi) is 10.6. The Bertz CT molecular complexity index is 1160. The summed E-state index contributed by atoms with van der Waals surface area (Å²) in [6.45, 7) is 2.92. The highest BCUT2D eigenvalue weighted by Crippen LogP contribution is 2.25. The zero-order chi connectivity index (χ0) is 25.0. The topological polar surface area (TPSA) is 136 Å². The summed E-state index contributed by atoms with van der Waals surface area (Å²) in [6.07, 6.45) is 4.76.